The predicted molar refractivity (Wildman–Crippen MR) is 93.0 cm³/mol. The van der Waals surface area contributed by atoms with Gasteiger partial charge in [0, 0.05) is 25.6 Å². The summed E-state index contributed by atoms with van der Waals surface area (Å²) in [6.45, 7) is 8.43. The van der Waals surface area contributed by atoms with E-state index in [9.17, 15) is 9.90 Å². The number of piperidine rings is 1. The molecule has 0 spiro atoms. The van der Waals surface area contributed by atoms with Crippen molar-refractivity contribution in [2.45, 2.75) is 51.9 Å². The van der Waals surface area contributed by atoms with Crippen LogP contribution in [0.15, 0.2) is 0 Å². The first-order chi connectivity index (χ1) is 10.4. The number of hydrogen-bond acceptors (Lipinski definition) is 5. The SMILES string of the molecule is CC(C)OCCOCC(O)CN(C)C(=O)[C@H]1CCN[C@@H](C)C1.Cl. The zero-order chi connectivity index (χ0) is 16.5. The largest absolute Gasteiger partial charge is 0.389 e. The first-order valence-corrected chi connectivity index (χ1v) is 8.26. The van der Waals surface area contributed by atoms with Gasteiger partial charge in [-0.2, -0.15) is 0 Å². The summed E-state index contributed by atoms with van der Waals surface area (Å²) in [7, 11) is 1.75. The lowest BCUT2D eigenvalue weighted by Crippen LogP contribution is -2.45. The summed E-state index contributed by atoms with van der Waals surface area (Å²) in [6, 6.07) is 0.380. The summed E-state index contributed by atoms with van der Waals surface area (Å²) in [5, 5.41) is 13.3. The molecule has 1 rings (SSSR count). The molecule has 0 aliphatic carbocycles. The molecule has 3 atom stereocenters. The minimum absolute atomic E-state index is 0. The molecule has 1 fully saturated rings. The molecule has 0 saturated carbocycles. The second kappa shape index (κ2) is 12.0. The van der Waals surface area contributed by atoms with E-state index >= 15 is 0 Å². The van der Waals surface area contributed by atoms with Gasteiger partial charge in [0.25, 0.3) is 0 Å². The van der Waals surface area contributed by atoms with Crippen molar-refractivity contribution in [1.29, 1.82) is 0 Å². The van der Waals surface area contributed by atoms with Crippen LogP contribution in [-0.4, -0.2) is 74.1 Å². The molecule has 1 amide bonds. The molecule has 0 aromatic carbocycles. The molecule has 1 heterocycles. The highest BCUT2D eigenvalue weighted by molar-refractivity contribution is 5.85. The summed E-state index contributed by atoms with van der Waals surface area (Å²) in [4.78, 5) is 14.0. The lowest BCUT2D eigenvalue weighted by molar-refractivity contribution is -0.137. The second-order valence-corrected chi connectivity index (χ2v) is 6.44. The number of hydrogen-bond donors (Lipinski definition) is 2. The normalized spacial score (nSPS) is 22.5. The summed E-state index contributed by atoms with van der Waals surface area (Å²) in [5.74, 6) is 0.185. The van der Waals surface area contributed by atoms with Crippen molar-refractivity contribution in [3.05, 3.63) is 0 Å². The van der Waals surface area contributed by atoms with Gasteiger partial charge >= 0.3 is 0 Å². The molecule has 0 radical (unpaired) electrons. The zero-order valence-corrected chi connectivity index (χ0v) is 15.6. The Morgan fingerprint density at radius 1 is 1.39 bits per heavy atom. The third-order valence-electron chi connectivity index (χ3n) is 3.82. The molecule has 1 aliphatic heterocycles. The maximum atomic E-state index is 12.4. The van der Waals surface area contributed by atoms with E-state index in [4.69, 9.17) is 9.47 Å². The minimum atomic E-state index is -0.660. The molecule has 1 saturated heterocycles. The van der Waals surface area contributed by atoms with Gasteiger partial charge in [0.1, 0.15) is 0 Å². The van der Waals surface area contributed by atoms with Gasteiger partial charge in [-0.05, 0) is 40.2 Å². The fraction of sp³-hybridized carbons (Fsp3) is 0.938. The van der Waals surface area contributed by atoms with E-state index in [0.29, 0.717) is 25.8 Å². The number of rotatable bonds is 9. The number of ether oxygens (including phenoxy) is 2. The Kier molecular flexibility index (Phi) is 11.8. The Morgan fingerprint density at radius 3 is 2.70 bits per heavy atom. The van der Waals surface area contributed by atoms with Crippen LogP contribution in [0.5, 0.6) is 0 Å². The Morgan fingerprint density at radius 2 is 2.09 bits per heavy atom. The highest BCUT2D eigenvalue weighted by Crippen LogP contribution is 2.18. The Labute approximate surface area is 146 Å². The molecule has 0 aromatic heterocycles. The highest BCUT2D eigenvalue weighted by atomic mass is 35.5. The van der Waals surface area contributed by atoms with E-state index in [2.05, 4.69) is 12.2 Å². The van der Waals surface area contributed by atoms with Crippen LogP contribution in [0.4, 0.5) is 0 Å². The third-order valence-corrected chi connectivity index (χ3v) is 3.82. The van der Waals surface area contributed by atoms with Crippen LogP contribution in [0, 0.1) is 5.92 Å². The monoisotopic (exact) mass is 352 g/mol. The molecule has 138 valence electrons. The second-order valence-electron chi connectivity index (χ2n) is 6.44. The van der Waals surface area contributed by atoms with E-state index in [0.717, 1.165) is 19.4 Å². The van der Waals surface area contributed by atoms with Crippen LogP contribution in [0.1, 0.15) is 33.6 Å². The highest BCUT2D eigenvalue weighted by Gasteiger charge is 2.27. The number of likely N-dealkylation sites (N-methyl/N-ethyl adjacent to an activating group) is 1. The number of carbonyl (C=O) groups excluding carboxylic acids is 1. The molecule has 1 aliphatic rings. The molecular weight excluding hydrogens is 320 g/mol. The quantitative estimate of drug-likeness (QED) is 0.607. The van der Waals surface area contributed by atoms with Crippen LogP contribution < -0.4 is 5.32 Å². The molecular formula is C16H33ClN2O4. The van der Waals surface area contributed by atoms with Gasteiger partial charge in [0.05, 0.1) is 32.0 Å². The average molecular weight is 353 g/mol. The van der Waals surface area contributed by atoms with E-state index < -0.39 is 6.10 Å². The van der Waals surface area contributed by atoms with Gasteiger partial charge in [0.2, 0.25) is 5.91 Å². The van der Waals surface area contributed by atoms with E-state index in [1.54, 1.807) is 11.9 Å². The molecule has 23 heavy (non-hydrogen) atoms. The van der Waals surface area contributed by atoms with Crippen molar-refractivity contribution in [3.8, 4) is 0 Å². The summed E-state index contributed by atoms with van der Waals surface area (Å²) in [6.07, 6.45) is 1.26. The number of nitrogens with one attached hydrogen (secondary N) is 1. The fourth-order valence-electron chi connectivity index (χ4n) is 2.69. The van der Waals surface area contributed by atoms with Gasteiger partial charge in [-0.15, -0.1) is 12.4 Å². The van der Waals surface area contributed by atoms with Crippen molar-refractivity contribution < 1.29 is 19.4 Å². The molecule has 1 unspecified atom stereocenters. The average Bonchev–Trinajstić information content (AvgIpc) is 2.45. The number of amides is 1. The molecule has 7 heteroatoms. The Bertz CT molecular complexity index is 331. The molecule has 6 nitrogen and oxygen atoms in total. The van der Waals surface area contributed by atoms with Gasteiger partial charge in [-0.1, -0.05) is 0 Å². The van der Waals surface area contributed by atoms with Gasteiger partial charge < -0.3 is 24.8 Å². The number of aliphatic hydroxyl groups is 1. The van der Waals surface area contributed by atoms with Gasteiger partial charge in [0.15, 0.2) is 0 Å². The number of aliphatic hydroxyl groups excluding tert-OH is 1. The van der Waals surface area contributed by atoms with Crippen LogP contribution in [-0.2, 0) is 14.3 Å². The Balaban J connectivity index is 0.00000484. The minimum Gasteiger partial charge on any atom is -0.389 e. The number of halogens is 1. The van der Waals surface area contributed by atoms with Gasteiger partial charge in [-0.25, -0.2) is 0 Å². The smallest absolute Gasteiger partial charge is 0.225 e. The van der Waals surface area contributed by atoms with Crippen molar-refractivity contribution in [2.75, 3.05) is 40.0 Å². The maximum Gasteiger partial charge on any atom is 0.225 e. The summed E-state index contributed by atoms with van der Waals surface area (Å²) >= 11 is 0. The summed E-state index contributed by atoms with van der Waals surface area (Å²) < 4.78 is 10.7. The van der Waals surface area contributed by atoms with E-state index in [1.807, 2.05) is 13.8 Å². The maximum absolute atomic E-state index is 12.4. The van der Waals surface area contributed by atoms with Crippen LogP contribution in [0.25, 0.3) is 0 Å². The van der Waals surface area contributed by atoms with Crippen molar-refractivity contribution in [3.63, 3.8) is 0 Å². The number of nitrogens with zero attached hydrogens (tertiary/aromatic N) is 1. The predicted octanol–water partition coefficient (Wildman–Crippen LogP) is 1.06. The standard InChI is InChI=1S/C16H32N2O4.ClH/c1-12(2)22-8-7-21-11-15(19)10-18(4)16(20)14-5-6-17-13(3)9-14;/h12-15,17,19H,5-11H2,1-4H3;1H/t13-,14-,15?;/m0./s1. The Hall–Kier alpha value is -0.400. The van der Waals surface area contributed by atoms with Crippen LogP contribution >= 0.6 is 12.4 Å². The van der Waals surface area contributed by atoms with E-state index in [1.165, 1.54) is 0 Å². The number of carbonyl (C=O) groups is 1. The van der Waals surface area contributed by atoms with Crippen molar-refractivity contribution in [2.24, 2.45) is 5.92 Å². The lowest BCUT2D eigenvalue weighted by Gasteiger charge is -2.31. The third kappa shape index (κ3) is 9.47. The fourth-order valence-corrected chi connectivity index (χ4v) is 2.69. The molecule has 0 bridgehead atoms. The molecule has 0 aromatic rings. The van der Waals surface area contributed by atoms with E-state index in [-0.39, 0.29) is 36.9 Å². The zero-order valence-electron chi connectivity index (χ0n) is 14.8. The topological polar surface area (TPSA) is 71.0 Å². The first kappa shape index (κ1) is 22.6. The van der Waals surface area contributed by atoms with Crippen LogP contribution in [0.3, 0.4) is 0 Å². The first-order valence-electron chi connectivity index (χ1n) is 8.26. The molecule has 2 N–H and O–H groups in total. The van der Waals surface area contributed by atoms with Gasteiger partial charge in [-0.3, -0.25) is 4.79 Å². The van der Waals surface area contributed by atoms with Crippen LogP contribution in [0.2, 0.25) is 0 Å². The lowest BCUT2D eigenvalue weighted by atomic mass is 9.92. The summed E-state index contributed by atoms with van der Waals surface area (Å²) in [5.41, 5.74) is 0. The van der Waals surface area contributed by atoms with Crippen molar-refractivity contribution in [1.82, 2.24) is 10.2 Å². The van der Waals surface area contributed by atoms with Crippen molar-refractivity contribution >= 4 is 18.3 Å².